The molecule has 0 saturated heterocycles. The molecule has 0 fully saturated rings. The first-order valence-electron chi connectivity index (χ1n) is 9.86. The van der Waals surface area contributed by atoms with Crippen molar-refractivity contribution >= 4 is 17.7 Å². The zero-order valence-electron chi connectivity index (χ0n) is 16.7. The van der Waals surface area contributed by atoms with E-state index in [0.29, 0.717) is 6.54 Å². The van der Waals surface area contributed by atoms with Crippen LogP contribution in [0.15, 0.2) is 96.2 Å². The highest BCUT2D eigenvalue weighted by Gasteiger charge is 2.24. The van der Waals surface area contributed by atoms with Crippen molar-refractivity contribution in [2.75, 3.05) is 0 Å². The van der Waals surface area contributed by atoms with E-state index < -0.39 is 5.25 Å². The van der Waals surface area contributed by atoms with Crippen LogP contribution in [-0.4, -0.2) is 15.9 Å². The molecule has 0 bridgehead atoms. The highest BCUT2D eigenvalue weighted by Crippen LogP contribution is 2.35. The first kappa shape index (κ1) is 20.0. The topological polar surface area (TPSA) is 57.8 Å². The number of nitrogens with zero attached hydrogens (tertiary/aromatic N) is 1. The summed E-state index contributed by atoms with van der Waals surface area (Å²) in [5.41, 5.74) is 4.98. The fourth-order valence-electron chi connectivity index (χ4n) is 3.26. The summed E-state index contributed by atoms with van der Waals surface area (Å²) in [5, 5.41) is 3.40. The molecule has 5 heteroatoms. The normalized spacial score (nSPS) is 11.8. The van der Waals surface area contributed by atoms with E-state index in [1.54, 1.807) is 0 Å². The lowest BCUT2D eigenvalue weighted by Crippen LogP contribution is -2.27. The van der Waals surface area contributed by atoms with Crippen molar-refractivity contribution in [2.45, 2.75) is 23.9 Å². The zero-order chi connectivity index (χ0) is 20.8. The molecule has 2 N–H and O–H groups in total. The first-order chi connectivity index (χ1) is 14.7. The Labute approximate surface area is 180 Å². The standard InChI is InChI=1S/C25H23N3OS/c1-18-22(20-13-7-3-8-14-20)28-25(27-18)30-23(21-15-9-4-10-16-21)24(29)26-17-19-11-5-2-6-12-19/h2-16,23H,17H2,1H3,(H,26,29)(H,27,28)/t23-/m1/s1. The maximum Gasteiger partial charge on any atom is 0.238 e. The van der Waals surface area contributed by atoms with E-state index in [1.165, 1.54) is 11.8 Å². The molecule has 0 saturated carbocycles. The fraction of sp³-hybridized carbons (Fsp3) is 0.120. The number of imidazole rings is 1. The molecular weight excluding hydrogens is 390 g/mol. The molecule has 0 aliphatic heterocycles. The first-order valence-corrected chi connectivity index (χ1v) is 10.7. The van der Waals surface area contributed by atoms with Gasteiger partial charge in [-0.15, -0.1) is 0 Å². The molecule has 1 atom stereocenters. The maximum absolute atomic E-state index is 13.1. The minimum atomic E-state index is -0.399. The summed E-state index contributed by atoms with van der Waals surface area (Å²) < 4.78 is 0. The highest BCUT2D eigenvalue weighted by molar-refractivity contribution is 8.00. The lowest BCUT2D eigenvalue weighted by molar-refractivity contribution is -0.120. The SMILES string of the molecule is Cc1[nH]c(S[C@@H](C(=O)NCc2ccccc2)c2ccccc2)nc1-c1ccccc1. The molecule has 1 aromatic heterocycles. The Balaban J connectivity index is 1.56. The second kappa shape index (κ2) is 9.46. The molecule has 4 aromatic rings. The molecule has 30 heavy (non-hydrogen) atoms. The van der Waals surface area contributed by atoms with Gasteiger partial charge in [0.25, 0.3) is 0 Å². The van der Waals surface area contributed by atoms with E-state index in [2.05, 4.69) is 10.3 Å². The second-order valence-corrected chi connectivity index (χ2v) is 8.09. The van der Waals surface area contributed by atoms with Gasteiger partial charge in [-0.1, -0.05) is 103 Å². The molecule has 4 rings (SSSR count). The van der Waals surface area contributed by atoms with E-state index >= 15 is 0 Å². The van der Waals surface area contributed by atoms with Gasteiger partial charge in [-0.3, -0.25) is 4.79 Å². The zero-order valence-corrected chi connectivity index (χ0v) is 17.5. The van der Waals surface area contributed by atoms with Gasteiger partial charge in [-0.25, -0.2) is 4.98 Å². The molecule has 0 unspecified atom stereocenters. The number of amides is 1. The predicted molar refractivity (Wildman–Crippen MR) is 122 cm³/mol. The van der Waals surface area contributed by atoms with Crippen LogP contribution in [0.3, 0.4) is 0 Å². The van der Waals surface area contributed by atoms with Gasteiger partial charge in [-0.05, 0) is 18.1 Å². The number of aromatic amines is 1. The van der Waals surface area contributed by atoms with Crippen molar-refractivity contribution in [3.8, 4) is 11.3 Å². The Kier molecular flexibility index (Phi) is 6.30. The molecule has 1 amide bonds. The minimum absolute atomic E-state index is 0.0367. The monoisotopic (exact) mass is 413 g/mol. The van der Waals surface area contributed by atoms with Crippen LogP contribution >= 0.6 is 11.8 Å². The van der Waals surface area contributed by atoms with Crippen molar-refractivity contribution in [2.24, 2.45) is 0 Å². The van der Waals surface area contributed by atoms with Crippen LogP contribution in [0.4, 0.5) is 0 Å². The summed E-state index contributed by atoms with van der Waals surface area (Å²) in [4.78, 5) is 21.2. The Morgan fingerprint density at radius 3 is 2.20 bits per heavy atom. The van der Waals surface area contributed by atoms with E-state index in [-0.39, 0.29) is 5.91 Å². The van der Waals surface area contributed by atoms with Crippen molar-refractivity contribution in [3.05, 3.63) is 108 Å². The number of aryl methyl sites for hydroxylation is 1. The van der Waals surface area contributed by atoms with Gasteiger partial charge in [-0.2, -0.15) is 0 Å². The summed E-state index contributed by atoms with van der Waals surface area (Å²) >= 11 is 1.44. The molecule has 0 radical (unpaired) electrons. The quantitative estimate of drug-likeness (QED) is 0.391. The van der Waals surface area contributed by atoms with E-state index in [0.717, 1.165) is 33.2 Å². The van der Waals surface area contributed by atoms with Gasteiger partial charge in [0.2, 0.25) is 5.91 Å². The average Bonchev–Trinajstić information content (AvgIpc) is 3.18. The predicted octanol–water partition coefficient (Wildman–Crippen LogP) is 5.53. The van der Waals surface area contributed by atoms with Crippen LogP contribution in [0.2, 0.25) is 0 Å². The Hall–Kier alpha value is -3.31. The Bertz CT molecular complexity index is 1100. The second-order valence-electron chi connectivity index (χ2n) is 6.99. The minimum Gasteiger partial charge on any atom is -0.351 e. The van der Waals surface area contributed by atoms with E-state index in [4.69, 9.17) is 4.98 Å². The smallest absolute Gasteiger partial charge is 0.238 e. The number of carbonyl (C=O) groups excluding carboxylic acids is 1. The number of hydrogen-bond acceptors (Lipinski definition) is 3. The van der Waals surface area contributed by atoms with Crippen molar-refractivity contribution in [1.82, 2.24) is 15.3 Å². The van der Waals surface area contributed by atoms with Crippen LogP contribution in [0.1, 0.15) is 22.1 Å². The van der Waals surface area contributed by atoms with Gasteiger partial charge < -0.3 is 10.3 Å². The van der Waals surface area contributed by atoms with Gasteiger partial charge in [0.05, 0.1) is 5.69 Å². The molecule has 0 spiro atoms. The summed E-state index contributed by atoms with van der Waals surface area (Å²) in [6.45, 7) is 2.50. The molecule has 1 heterocycles. The maximum atomic E-state index is 13.1. The molecule has 4 nitrogen and oxygen atoms in total. The van der Waals surface area contributed by atoms with Crippen LogP contribution < -0.4 is 5.32 Å². The van der Waals surface area contributed by atoms with Crippen molar-refractivity contribution in [3.63, 3.8) is 0 Å². The highest BCUT2D eigenvalue weighted by atomic mass is 32.2. The third-order valence-electron chi connectivity index (χ3n) is 4.79. The Morgan fingerprint density at radius 1 is 0.933 bits per heavy atom. The van der Waals surface area contributed by atoms with E-state index in [1.807, 2.05) is 97.9 Å². The van der Waals surface area contributed by atoms with Gasteiger partial charge in [0.15, 0.2) is 5.16 Å². The lowest BCUT2D eigenvalue weighted by atomic mass is 10.1. The third-order valence-corrected chi connectivity index (χ3v) is 5.93. The van der Waals surface area contributed by atoms with Crippen LogP contribution in [-0.2, 0) is 11.3 Å². The van der Waals surface area contributed by atoms with Crippen LogP contribution in [0.25, 0.3) is 11.3 Å². The number of nitrogens with one attached hydrogen (secondary N) is 2. The number of hydrogen-bond donors (Lipinski definition) is 2. The average molecular weight is 414 g/mol. The lowest BCUT2D eigenvalue weighted by Gasteiger charge is -2.16. The molecule has 0 aliphatic rings. The molecule has 0 aliphatic carbocycles. The van der Waals surface area contributed by atoms with Crippen molar-refractivity contribution < 1.29 is 4.79 Å². The van der Waals surface area contributed by atoms with Crippen molar-refractivity contribution in [1.29, 1.82) is 0 Å². The number of rotatable bonds is 7. The van der Waals surface area contributed by atoms with Crippen LogP contribution in [0, 0.1) is 6.92 Å². The molecular formula is C25H23N3OS. The number of thioether (sulfide) groups is 1. The van der Waals surface area contributed by atoms with Gasteiger partial charge in [0.1, 0.15) is 5.25 Å². The number of benzene rings is 3. The van der Waals surface area contributed by atoms with E-state index in [9.17, 15) is 4.79 Å². The number of aromatic nitrogens is 2. The summed E-state index contributed by atoms with van der Waals surface area (Å²) in [5.74, 6) is -0.0367. The van der Waals surface area contributed by atoms with Crippen LogP contribution in [0.5, 0.6) is 0 Å². The summed E-state index contributed by atoms with van der Waals surface area (Å²) in [6.07, 6.45) is 0. The molecule has 3 aromatic carbocycles. The Morgan fingerprint density at radius 2 is 1.53 bits per heavy atom. The summed E-state index contributed by atoms with van der Waals surface area (Å²) in [6, 6.07) is 29.8. The van der Waals surface area contributed by atoms with Gasteiger partial charge in [0, 0.05) is 17.8 Å². The van der Waals surface area contributed by atoms with Gasteiger partial charge >= 0.3 is 0 Å². The number of carbonyl (C=O) groups is 1. The number of H-pyrrole nitrogens is 1. The third kappa shape index (κ3) is 4.81. The fourth-order valence-corrected chi connectivity index (χ4v) is 4.32. The summed E-state index contributed by atoms with van der Waals surface area (Å²) in [7, 11) is 0. The largest absolute Gasteiger partial charge is 0.351 e. The molecule has 150 valence electrons.